The smallest absolute Gasteiger partial charge is 0.305 e. The molecule has 2 unspecified atom stereocenters. The van der Waals surface area contributed by atoms with Gasteiger partial charge in [-0.1, -0.05) is 47.3 Å². The molecule has 5 nitrogen and oxygen atoms in total. The van der Waals surface area contributed by atoms with Gasteiger partial charge in [0.1, 0.15) is 0 Å². The zero-order valence-electron chi connectivity index (χ0n) is 16.8. The summed E-state index contributed by atoms with van der Waals surface area (Å²) in [7, 11) is 1.42. The Morgan fingerprint density at radius 3 is 2.75 bits per heavy atom. The van der Waals surface area contributed by atoms with Crippen molar-refractivity contribution in [2.45, 2.75) is 93.5 Å². The Bertz CT molecular complexity index is 533. The van der Waals surface area contributed by atoms with Crippen LogP contribution in [-0.2, 0) is 14.3 Å². The van der Waals surface area contributed by atoms with Gasteiger partial charge in [-0.3, -0.25) is 4.79 Å². The molecule has 0 aromatic heterocycles. The number of fused-ring (bicyclic) bond motifs is 1. The second-order valence-electron chi connectivity index (χ2n) is 8.75. The minimum absolute atomic E-state index is 0.0583. The maximum absolute atomic E-state index is 11.3. The average molecular weight is 459 g/mol. The highest BCUT2D eigenvalue weighted by Crippen LogP contribution is 2.46. The molecule has 0 amide bonds. The number of carbonyl (C=O) groups is 1. The van der Waals surface area contributed by atoms with Gasteiger partial charge in [0.05, 0.1) is 31.5 Å². The van der Waals surface area contributed by atoms with Crippen molar-refractivity contribution < 1.29 is 24.5 Å². The Hall–Kier alpha value is -0.430. The molecule has 2 N–H and O–H groups in total. The van der Waals surface area contributed by atoms with Crippen LogP contribution in [-0.4, -0.2) is 52.5 Å². The fourth-order valence-electron chi connectivity index (χ4n) is 5.23. The fourth-order valence-corrected chi connectivity index (χ4v) is 5.89. The van der Waals surface area contributed by atoms with Crippen molar-refractivity contribution >= 4 is 21.9 Å². The van der Waals surface area contributed by atoms with E-state index < -0.39 is 6.10 Å². The molecule has 0 aromatic rings. The number of rotatable bonds is 8. The van der Waals surface area contributed by atoms with Gasteiger partial charge in [0, 0.05) is 23.6 Å². The molecule has 3 rings (SSSR count). The molecule has 160 valence electrons. The van der Waals surface area contributed by atoms with E-state index >= 15 is 0 Å². The summed E-state index contributed by atoms with van der Waals surface area (Å²) in [5.41, 5.74) is 0. The molecule has 28 heavy (non-hydrogen) atoms. The third-order valence-electron chi connectivity index (χ3n) is 6.90. The minimum atomic E-state index is -0.396. The summed E-state index contributed by atoms with van der Waals surface area (Å²) in [6, 6.07) is 0. The van der Waals surface area contributed by atoms with Crippen molar-refractivity contribution in [1.29, 1.82) is 0 Å². The number of carbonyl (C=O) groups excluding carboxylic acids is 1. The van der Waals surface area contributed by atoms with Gasteiger partial charge in [-0.15, -0.1) is 0 Å². The quantitative estimate of drug-likeness (QED) is 0.329. The van der Waals surface area contributed by atoms with Crippen LogP contribution in [0.15, 0.2) is 12.2 Å². The third-order valence-corrected chi connectivity index (χ3v) is 7.95. The molecule has 2 aliphatic carbocycles. The van der Waals surface area contributed by atoms with Gasteiger partial charge in [-0.2, -0.15) is 0 Å². The summed E-state index contributed by atoms with van der Waals surface area (Å²) >= 11 is 3.74. The highest BCUT2D eigenvalue weighted by Gasteiger charge is 2.49. The van der Waals surface area contributed by atoms with Crippen molar-refractivity contribution in [3.63, 3.8) is 0 Å². The number of ether oxygens (including phenoxy) is 2. The zero-order valence-corrected chi connectivity index (χ0v) is 18.4. The van der Waals surface area contributed by atoms with E-state index in [0.717, 1.165) is 32.1 Å². The van der Waals surface area contributed by atoms with Crippen LogP contribution >= 0.6 is 15.9 Å². The lowest BCUT2D eigenvalue weighted by atomic mass is 9.84. The van der Waals surface area contributed by atoms with Crippen molar-refractivity contribution in [2.24, 2.45) is 17.8 Å². The number of hydrogen-bond donors (Lipinski definition) is 2. The summed E-state index contributed by atoms with van der Waals surface area (Å²) in [4.78, 5) is 11.5. The van der Waals surface area contributed by atoms with Crippen LogP contribution in [0.2, 0.25) is 0 Å². The normalized spacial score (nSPS) is 35.8. The number of hydrogen-bond acceptors (Lipinski definition) is 5. The second kappa shape index (κ2) is 10.6. The molecule has 1 heterocycles. The first-order valence-electron chi connectivity index (χ1n) is 10.9. The Morgan fingerprint density at radius 1 is 1.29 bits per heavy atom. The SMILES string of the molecule is COC(=O)CCCC(Br)C1C[C@@H]2[C@@H](/C=C/[C@@H](O)C3CCCCC3)[C@H](O)C[C@H]2O1. The maximum atomic E-state index is 11.3. The fraction of sp³-hybridized carbons (Fsp3) is 0.864. The van der Waals surface area contributed by atoms with E-state index in [1.54, 1.807) is 0 Å². The van der Waals surface area contributed by atoms with Gasteiger partial charge in [-0.25, -0.2) is 0 Å². The predicted octanol–water partition coefficient (Wildman–Crippen LogP) is 3.75. The maximum Gasteiger partial charge on any atom is 0.305 e. The molecule has 0 bridgehead atoms. The van der Waals surface area contributed by atoms with Gasteiger partial charge in [0.15, 0.2) is 0 Å². The van der Waals surface area contributed by atoms with E-state index in [1.807, 2.05) is 6.08 Å². The second-order valence-corrected chi connectivity index (χ2v) is 9.93. The summed E-state index contributed by atoms with van der Waals surface area (Å²) in [5.74, 6) is 0.556. The third kappa shape index (κ3) is 5.59. The standard InChI is InChI=1S/C22H35BrO5/c1-27-22(26)9-5-8-17(23)21-12-16-15(19(25)13-20(16)28-21)10-11-18(24)14-6-3-2-4-7-14/h10-11,14-21,24-25H,2-9,12-13H2,1H3/b11-10+/t15-,16-,17?,18-,19-,20-,21?/m1/s1. The number of aliphatic hydroxyl groups is 2. The molecular weight excluding hydrogens is 424 g/mol. The first-order chi connectivity index (χ1) is 13.5. The van der Waals surface area contributed by atoms with E-state index in [1.165, 1.54) is 26.4 Å². The summed E-state index contributed by atoms with van der Waals surface area (Å²) in [6.45, 7) is 0. The van der Waals surface area contributed by atoms with Crippen LogP contribution in [0, 0.1) is 17.8 Å². The highest BCUT2D eigenvalue weighted by atomic mass is 79.9. The molecule has 0 aromatic carbocycles. The number of halogens is 1. The molecular formula is C22H35BrO5. The lowest BCUT2D eigenvalue weighted by molar-refractivity contribution is -0.140. The summed E-state index contributed by atoms with van der Waals surface area (Å²) < 4.78 is 10.9. The van der Waals surface area contributed by atoms with Crippen molar-refractivity contribution in [2.75, 3.05) is 7.11 Å². The molecule has 1 saturated heterocycles. The Balaban J connectivity index is 1.50. The minimum Gasteiger partial charge on any atom is -0.469 e. The van der Waals surface area contributed by atoms with Crippen LogP contribution in [0.1, 0.15) is 64.2 Å². The average Bonchev–Trinajstić information content (AvgIpc) is 3.23. The zero-order chi connectivity index (χ0) is 20.1. The van der Waals surface area contributed by atoms with Crippen molar-refractivity contribution in [1.82, 2.24) is 0 Å². The first-order valence-corrected chi connectivity index (χ1v) is 11.8. The van der Waals surface area contributed by atoms with E-state index in [-0.39, 0.29) is 35.0 Å². The molecule has 2 saturated carbocycles. The van der Waals surface area contributed by atoms with Crippen LogP contribution in [0.5, 0.6) is 0 Å². The lowest BCUT2D eigenvalue weighted by Crippen LogP contribution is -2.25. The van der Waals surface area contributed by atoms with Crippen molar-refractivity contribution in [3.8, 4) is 0 Å². The number of methoxy groups -OCH3 is 1. The first kappa shape index (κ1) is 22.3. The number of aliphatic hydroxyl groups excluding tert-OH is 2. The Kier molecular flexibility index (Phi) is 8.39. The molecule has 0 spiro atoms. The Morgan fingerprint density at radius 2 is 2.04 bits per heavy atom. The summed E-state index contributed by atoms with van der Waals surface area (Å²) in [6.07, 6.45) is 13.0. The molecule has 7 atom stereocenters. The summed E-state index contributed by atoms with van der Waals surface area (Å²) in [5, 5.41) is 21.0. The van der Waals surface area contributed by atoms with Gasteiger partial charge in [-0.05, 0) is 43.9 Å². The molecule has 3 aliphatic rings. The number of esters is 1. The van der Waals surface area contributed by atoms with Crippen LogP contribution in [0.4, 0.5) is 0 Å². The van der Waals surface area contributed by atoms with Crippen LogP contribution in [0.25, 0.3) is 0 Å². The van der Waals surface area contributed by atoms with Crippen LogP contribution < -0.4 is 0 Å². The number of alkyl halides is 1. The van der Waals surface area contributed by atoms with E-state index in [4.69, 9.17) is 9.47 Å². The van der Waals surface area contributed by atoms with E-state index in [2.05, 4.69) is 22.0 Å². The molecule has 6 heteroatoms. The van der Waals surface area contributed by atoms with Gasteiger partial charge >= 0.3 is 5.97 Å². The van der Waals surface area contributed by atoms with Gasteiger partial charge in [0.2, 0.25) is 0 Å². The van der Waals surface area contributed by atoms with Crippen LogP contribution in [0.3, 0.4) is 0 Å². The predicted molar refractivity (Wildman–Crippen MR) is 111 cm³/mol. The van der Waals surface area contributed by atoms with Crippen molar-refractivity contribution in [3.05, 3.63) is 12.2 Å². The molecule has 3 fully saturated rings. The van der Waals surface area contributed by atoms with E-state index in [9.17, 15) is 15.0 Å². The molecule has 0 radical (unpaired) electrons. The molecule has 1 aliphatic heterocycles. The Labute approximate surface area is 177 Å². The largest absolute Gasteiger partial charge is 0.469 e. The monoisotopic (exact) mass is 458 g/mol. The topological polar surface area (TPSA) is 76.0 Å². The van der Waals surface area contributed by atoms with Gasteiger partial charge in [0.25, 0.3) is 0 Å². The van der Waals surface area contributed by atoms with E-state index in [0.29, 0.717) is 24.7 Å². The van der Waals surface area contributed by atoms with Gasteiger partial charge < -0.3 is 19.7 Å². The lowest BCUT2D eigenvalue weighted by Gasteiger charge is -2.25. The highest BCUT2D eigenvalue weighted by molar-refractivity contribution is 9.09.